The SMILES string of the molecule is CCC(=O)Nc1cccc(NC(=O)c2cccc(Cn3nc(C)cc3C)c2)c1. The van der Waals surface area contributed by atoms with Crippen LogP contribution in [0.4, 0.5) is 11.4 Å². The molecule has 0 aliphatic rings. The molecule has 0 unspecified atom stereocenters. The largest absolute Gasteiger partial charge is 0.326 e. The van der Waals surface area contributed by atoms with E-state index < -0.39 is 0 Å². The second kappa shape index (κ2) is 8.52. The maximum absolute atomic E-state index is 12.7. The minimum absolute atomic E-state index is 0.0691. The van der Waals surface area contributed by atoms with Gasteiger partial charge in [0.25, 0.3) is 5.91 Å². The predicted molar refractivity (Wildman–Crippen MR) is 111 cm³/mol. The number of hydrogen-bond donors (Lipinski definition) is 2. The number of aromatic nitrogens is 2. The van der Waals surface area contributed by atoms with Gasteiger partial charge >= 0.3 is 0 Å². The average Bonchev–Trinajstić information content (AvgIpc) is 2.99. The van der Waals surface area contributed by atoms with Gasteiger partial charge in [0.15, 0.2) is 0 Å². The van der Waals surface area contributed by atoms with Crippen LogP contribution in [-0.4, -0.2) is 21.6 Å². The van der Waals surface area contributed by atoms with E-state index in [1.807, 2.05) is 42.8 Å². The Morgan fingerprint density at radius 3 is 2.36 bits per heavy atom. The van der Waals surface area contributed by atoms with Gasteiger partial charge in [-0.2, -0.15) is 5.10 Å². The zero-order chi connectivity index (χ0) is 20.1. The summed E-state index contributed by atoms with van der Waals surface area (Å²) in [5.74, 6) is -0.269. The van der Waals surface area contributed by atoms with Crippen LogP contribution in [0.2, 0.25) is 0 Å². The molecule has 3 rings (SSSR count). The molecular weight excluding hydrogens is 352 g/mol. The van der Waals surface area contributed by atoms with Crippen molar-refractivity contribution >= 4 is 23.2 Å². The number of benzene rings is 2. The van der Waals surface area contributed by atoms with Crippen molar-refractivity contribution in [2.45, 2.75) is 33.7 Å². The Morgan fingerprint density at radius 1 is 0.964 bits per heavy atom. The van der Waals surface area contributed by atoms with Crippen LogP contribution in [0.25, 0.3) is 0 Å². The lowest BCUT2D eigenvalue weighted by Gasteiger charge is -2.10. The first-order valence-corrected chi connectivity index (χ1v) is 9.26. The summed E-state index contributed by atoms with van der Waals surface area (Å²) in [5.41, 5.74) is 4.91. The highest BCUT2D eigenvalue weighted by atomic mass is 16.2. The maximum Gasteiger partial charge on any atom is 0.255 e. The summed E-state index contributed by atoms with van der Waals surface area (Å²) in [7, 11) is 0. The summed E-state index contributed by atoms with van der Waals surface area (Å²) in [6, 6.07) is 16.6. The molecule has 2 amide bonds. The molecule has 0 atom stereocenters. The van der Waals surface area contributed by atoms with Gasteiger partial charge in [-0.05, 0) is 55.8 Å². The summed E-state index contributed by atoms with van der Waals surface area (Å²) >= 11 is 0. The van der Waals surface area contributed by atoms with E-state index in [1.165, 1.54) is 0 Å². The number of nitrogens with zero attached hydrogens (tertiary/aromatic N) is 2. The van der Waals surface area contributed by atoms with E-state index in [2.05, 4.69) is 15.7 Å². The Labute approximate surface area is 164 Å². The van der Waals surface area contributed by atoms with Crippen LogP contribution >= 0.6 is 0 Å². The van der Waals surface area contributed by atoms with Crippen LogP contribution in [0, 0.1) is 13.8 Å². The van der Waals surface area contributed by atoms with Gasteiger partial charge in [0.2, 0.25) is 5.91 Å². The highest BCUT2D eigenvalue weighted by Gasteiger charge is 2.09. The number of anilines is 2. The fourth-order valence-electron chi connectivity index (χ4n) is 2.95. The smallest absolute Gasteiger partial charge is 0.255 e. The topological polar surface area (TPSA) is 76.0 Å². The first-order valence-electron chi connectivity index (χ1n) is 9.26. The van der Waals surface area contributed by atoms with Gasteiger partial charge < -0.3 is 10.6 Å². The van der Waals surface area contributed by atoms with Crippen LogP contribution in [0.5, 0.6) is 0 Å². The molecule has 144 valence electrons. The molecule has 0 aliphatic heterocycles. The number of aryl methyl sites for hydroxylation is 2. The molecule has 0 saturated carbocycles. The molecule has 1 heterocycles. The Hall–Kier alpha value is -3.41. The third-order valence-corrected chi connectivity index (χ3v) is 4.35. The minimum atomic E-state index is -0.200. The van der Waals surface area contributed by atoms with E-state index in [4.69, 9.17) is 0 Å². The fraction of sp³-hybridized carbons (Fsp3) is 0.227. The van der Waals surface area contributed by atoms with Gasteiger partial charge in [-0.3, -0.25) is 14.3 Å². The number of hydrogen-bond acceptors (Lipinski definition) is 3. The van der Waals surface area contributed by atoms with E-state index in [0.29, 0.717) is 29.9 Å². The fourth-order valence-corrected chi connectivity index (χ4v) is 2.95. The Bertz CT molecular complexity index is 1010. The molecule has 0 fully saturated rings. The average molecular weight is 376 g/mol. The lowest BCUT2D eigenvalue weighted by Crippen LogP contribution is -2.14. The van der Waals surface area contributed by atoms with Crippen LogP contribution in [0.1, 0.15) is 40.7 Å². The van der Waals surface area contributed by atoms with Crippen molar-refractivity contribution in [2.75, 3.05) is 10.6 Å². The number of carbonyl (C=O) groups is 2. The van der Waals surface area contributed by atoms with Crippen LogP contribution < -0.4 is 10.6 Å². The van der Waals surface area contributed by atoms with Crippen molar-refractivity contribution in [1.82, 2.24) is 9.78 Å². The first-order chi connectivity index (χ1) is 13.4. The highest BCUT2D eigenvalue weighted by Crippen LogP contribution is 2.17. The van der Waals surface area contributed by atoms with Crippen molar-refractivity contribution < 1.29 is 9.59 Å². The predicted octanol–water partition coefficient (Wildman–Crippen LogP) is 4.15. The van der Waals surface area contributed by atoms with Crippen molar-refractivity contribution in [1.29, 1.82) is 0 Å². The highest BCUT2D eigenvalue weighted by molar-refractivity contribution is 6.04. The Morgan fingerprint density at radius 2 is 1.68 bits per heavy atom. The van der Waals surface area contributed by atoms with Crippen molar-refractivity contribution in [3.05, 3.63) is 77.1 Å². The van der Waals surface area contributed by atoms with Crippen molar-refractivity contribution in [2.24, 2.45) is 0 Å². The molecule has 3 aromatic rings. The molecule has 0 bridgehead atoms. The van der Waals surface area contributed by atoms with Gasteiger partial charge in [-0.25, -0.2) is 0 Å². The van der Waals surface area contributed by atoms with E-state index in [9.17, 15) is 9.59 Å². The Kier molecular flexibility index (Phi) is 5.89. The summed E-state index contributed by atoms with van der Waals surface area (Å²) in [4.78, 5) is 24.2. The van der Waals surface area contributed by atoms with Crippen LogP contribution in [0.3, 0.4) is 0 Å². The summed E-state index contributed by atoms with van der Waals surface area (Å²) in [5, 5.41) is 10.1. The quantitative estimate of drug-likeness (QED) is 0.679. The first kappa shape index (κ1) is 19.4. The van der Waals surface area contributed by atoms with Crippen molar-refractivity contribution in [3.63, 3.8) is 0 Å². The number of amides is 2. The molecule has 0 spiro atoms. The summed E-state index contributed by atoms with van der Waals surface area (Å²) in [6.45, 7) is 6.38. The summed E-state index contributed by atoms with van der Waals surface area (Å²) < 4.78 is 1.92. The van der Waals surface area contributed by atoms with Gasteiger partial charge in [0.1, 0.15) is 0 Å². The number of rotatable bonds is 6. The van der Waals surface area contributed by atoms with Crippen LogP contribution in [-0.2, 0) is 11.3 Å². The minimum Gasteiger partial charge on any atom is -0.326 e. The lowest BCUT2D eigenvalue weighted by molar-refractivity contribution is -0.115. The molecule has 0 aliphatic carbocycles. The Balaban J connectivity index is 1.72. The van der Waals surface area contributed by atoms with Gasteiger partial charge in [-0.15, -0.1) is 0 Å². The maximum atomic E-state index is 12.7. The molecule has 1 aromatic heterocycles. The standard InChI is InChI=1S/C22H24N4O2/c1-4-21(27)23-19-9-6-10-20(13-19)24-22(28)18-8-5-7-17(12-18)14-26-16(3)11-15(2)25-26/h5-13H,4,14H2,1-3H3,(H,23,27)(H,24,28). The van der Waals surface area contributed by atoms with E-state index in [0.717, 1.165) is 17.0 Å². The molecule has 0 saturated heterocycles. The lowest BCUT2D eigenvalue weighted by atomic mass is 10.1. The molecule has 6 nitrogen and oxygen atoms in total. The van der Waals surface area contributed by atoms with Crippen molar-refractivity contribution in [3.8, 4) is 0 Å². The zero-order valence-corrected chi connectivity index (χ0v) is 16.3. The second-order valence-corrected chi connectivity index (χ2v) is 6.72. The number of carbonyl (C=O) groups excluding carboxylic acids is 2. The van der Waals surface area contributed by atoms with Gasteiger partial charge in [0.05, 0.1) is 12.2 Å². The van der Waals surface area contributed by atoms with E-state index >= 15 is 0 Å². The third-order valence-electron chi connectivity index (χ3n) is 4.35. The molecule has 0 radical (unpaired) electrons. The number of nitrogens with one attached hydrogen (secondary N) is 2. The van der Waals surface area contributed by atoms with E-state index in [1.54, 1.807) is 37.3 Å². The molecule has 2 aromatic carbocycles. The van der Waals surface area contributed by atoms with Gasteiger partial charge in [0, 0.05) is 29.1 Å². The normalized spacial score (nSPS) is 10.5. The molecule has 2 N–H and O–H groups in total. The molecule has 28 heavy (non-hydrogen) atoms. The third kappa shape index (κ3) is 4.85. The second-order valence-electron chi connectivity index (χ2n) is 6.72. The van der Waals surface area contributed by atoms with E-state index in [-0.39, 0.29) is 11.8 Å². The molecular formula is C22H24N4O2. The molecule has 6 heteroatoms. The van der Waals surface area contributed by atoms with Crippen LogP contribution in [0.15, 0.2) is 54.6 Å². The van der Waals surface area contributed by atoms with Gasteiger partial charge in [-0.1, -0.05) is 25.1 Å². The monoisotopic (exact) mass is 376 g/mol. The zero-order valence-electron chi connectivity index (χ0n) is 16.3. The summed E-state index contributed by atoms with van der Waals surface area (Å²) in [6.07, 6.45) is 0.401.